The Kier molecular flexibility index (Phi) is 4.31. The zero-order valence-corrected chi connectivity index (χ0v) is 12.2. The van der Waals surface area contributed by atoms with Crippen LogP contribution in [0.15, 0.2) is 11.7 Å². The summed E-state index contributed by atoms with van der Waals surface area (Å²) in [6, 6.07) is 0. The van der Waals surface area contributed by atoms with E-state index < -0.39 is 0 Å². The highest BCUT2D eigenvalue weighted by atomic mass is 32.1. The van der Waals surface area contributed by atoms with Gasteiger partial charge in [0.15, 0.2) is 0 Å². The Balaban J connectivity index is 2.09. The third-order valence-electron chi connectivity index (χ3n) is 2.98. The summed E-state index contributed by atoms with van der Waals surface area (Å²) in [7, 11) is 3.39. The highest BCUT2D eigenvalue weighted by molar-refractivity contribution is 7.18. The molecule has 0 saturated heterocycles. The lowest BCUT2D eigenvalue weighted by Gasteiger charge is -2.18. The molecule has 2 heterocycles. The van der Waals surface area contributed by atoms with Gasteiger partial charge in [0.2, 0.25) is 0 Å². The molecule has 0 radical (unpaired) electrons. The number of ether oxygens (including phenoxy) is 1. The summed E-state index contributed by atoms with van der Waals surface area (Å²) in [6.07, 6.45) is 2.77. The molecule has 0 unspecified atom stereocenters. The number of rotatable bonds is 5. The maximum Gasteiger partial charge on any atom is 0.305 e. The number of anilines is 1. The summed E-state index contributed by atoms with van der Waals surface area (Å²) >= 11 is 1.65. The summed E-state index contributed by atoms with van der Waals surface area (Å²) in [4.78, 5) is 21.8. The fourth-order valence-corrected chi connectivity index (χ4v) is 2.94. The second kappa shape index (κ2) is 5.97. The molecule has 0 N–H and O–H groups in total. The van der Waals surface area contributed by atoms with Crippen LogP contribution in [0.5, 0.6) is 0 Å². The SMILES string of the molecule is COC(=O)CCCN(C)c1ncnc2c(C)csc12. The molecule has 6 heteroatoms. The Morgan fingerprint density at radius 3 is 3.00 bits per heavy atom. The second-order valence-electron chi connectivity index (χ2n) is 4.39. The number of aromatic nitrogens is 2. The van der Waals surface area contributed by atoms with Gasteiger partial charge in [0.1, 0.15) is 12.1 Å². The zero-order chi connectivity index (χ0) is 13.8. The molecular weight excluding hydrogens is 262 g/mol. The van der Waals surface area contributed by atoms with Crippen molar-refractivity contribution in [3.8, 4) is 0 Å². The lowest BCUT2D eigenvalue weighted by molar-refractivity contribution is -0.140. The number of carbonyl (C=O) groups excluding carboxylic acids is 1. The molecule has 0 atom stereocenters. The minimum absolute atomic E-state index is 0.173. The quantitative estimate of drug-likeness (QED) is 0.787. The predicted octanol–water partition coefficient (Wildman–Crippen LogP) is 2.39. The minimum Gasteiger partial charge on any atom is -0.469 e. The van der Waals surface area contributed by atoms with E-state index in [1.807, 2.05) is 14.0 Å². The zero-order valence-electron chi connectivity index (χ0n) is 11.3. The molecule has 5 nitrogen and oxygen atoms in total. The van der Waals surface area contributed by atoms with Gasteiger partial charge < -0.3 is 9.64 Å². The monoisotopic (exact) mass is 279 g/mol. The van der Waals surface area contributed by atoms with E-state index in [2.05, 4.69) is 25.0 Å². The molecule has 0 fully saturated rings. The van der Waals surface area contributed by atoms with E-state index in [0.717, 1.165) is 29.0 Å². The second-order valence-corrected chi connectivity index (χ2v) is 5.27. The van der Waals surface area contributed by atoms with Gasteiger partial charge in [-0.05, 0) is 24.3 Å². The van der Waals surface area contributed by atoms with Gasteiger partial charge >= 0.3 is 5.97 Å². The molecule has 0 saturated carbocycles. The maximum atomic E-state index is 11.1. The highest BCUT2D eigenvalue weighted by Crippen LogP contribution is 2.30. The molecule has 0 aliphatic rings. The third-order valence-corrected chi connectivity index (χ3v) is 4.06. The smallest absolute Gasteiger partial charge is 0.305 e. The summed E-state index contributed by atoms with van der Waals surface area (Å²) in [5.74, 6) is 0.751. The Hall–Kier alpha value is -1.69. The standard InChI is InChI=1S/C13H17N3O2S/c1-9-7-19-12-11(9)14-8-15-13(12)16(2)6-4-5-10(17)18-3/h7-8H,4-6H2,1-3H3. The van der Waals surface area contributed by atoms with Crippen molar-refractivity contribution in [2.45, 2.75) is 19.8 Å². The molecule has 0 aromatic carbocycles. The van der Waals surface area contributed by atoms with Crippen molar-refractivity contribution in [1.29, 1.82) is 0 Å². The lowest BCUT2D eigenvalue weighted by Crippen LogP contribution is -2.20. The van der Waals surface area contributed by atoms with E-state index in [9.17, 15) is 4.79 Å². The van der Waals surface area contributed by atoms with Crippen LogP contribution in [-0.2, 0) is 9.53 Å². The Bertz CT molecular complexity index is 582. The molecule has 2 rings (SSSR count). The molecule has 19 heavy (non-hydrogen) atoms. The van der Waals surface area contributed by atoms with Crippen LogP contribution in [0.1, 0.15) is 18.4 Å². The van der Waals surface area contributed by atoms with E-state index in [-0.39, 0.29) is 5.97 Å². The number of carbonyl (C=O) groups is 1. The van der Waals surface area contributed by atoms with E-state index in [4.69, 9.17) is 0 Å². The number of aryl methyl sites for hydroxylation is 1. The van der Waals surface area contributed by atoms with Crippen LogP contribution >= 0.6 is 11.3 Å². The van der Waals surface area contributed by atoms with Gasteiger partial charge in [-0.2, -0.15) is 0 Å². The van der Waals surface area contributed by atoms with Gasteiger partial charge in [-0.3, -0.25) is 4.79 Å². The van der Waals surface area contributed by atoms with Crippen LogP contribution in [0.2, 0.25) is 0 Å². The fourth-order valence-electron chi connectivity index (χ4n) is 1.90. The number of methoxy groups -OCH3 is 1. The van der Waals surface area contributed by atoms with Crippen LogP contribution in [0, 0.1) is 6.92 Å². The molecular formula is C13H17N3O2S. The van der Waals surface area contributed by atoms with Crippen LogP contribution < -0.4 is 4.90 Å². The van der Waals surface area contributed by atoms with E-state index in [1.165, 1.54) is 12.7 Å². The molecule has 0 bridgehead atoms. The van der Waals surface area contributed by atoms with Gasteiger partial charge in [-0.1, -0.05) is 0 Å². The number of hydrogen-bond donors (Lipinski definition) is 0. The summed E-state index contributed by atoms with van der Waals surface area (Å²) in [5, 5.41) is 2.09. The summed E-state index contributed by atoms with van der Waals surface area (Å²) in [5.41, 5.74) is 2.18. The first-order chi connectivity index (χ1) is 9.13. The average molecular weight is 279 g/mol. The van der Waals surface area contributed by atoms with Gasteiger partial charge in [0, 0.05) is 20.0 Å². The number of hydrogen-bond acceptors (Lipinski definition) is 6. The van der Waals surface area contributed by atoms with Crippen molar-refractivity contribution in [1.82, 2.24) is 9.97 Å². The van der Waals surface area contributed by atoms with Crippen molar-refractivity contribution in [2.75, 3.05) is 25.6 Å². The first kappa shape index (κ1) is 13.7. The van der Waals surface area contributed by atoms with Crippen LogP contribution in [0.25, 0.3) is 10.2 Å². The predicted molar refractivity (Wildman–Crippen MR) is 76.7 cm³/mol. The van der Waals surface area contributed by atoms with Gasteiger partial charge in [0.25, 0.3) is 0 Å². The van der Waals surface area contributed by atoms with Crippen molar-refractivity contribution in [3.05, 3.63) is 17.3 Å². The van der Waals surface area contributed by atoms with E-state index in [0.29, 0.717) is 6.42 Å². The average Bonchev–Trinajstić information content (AvgIpc) is 2.80. The number of esters is 1. The van der Waals surface area contributed by atoms with E-state index >= 15 is 0 Å². The Morgan fingerprint density at radius 1 is 1.47 bits per heavy atom. The number of nitrogens with zero attached hydrogens (tertiary/aromatic N) is 3. The summed E-state index contributed by atoms with van der Waals surface area (Å²) in [6.45, 7) is 2.81. The molecule has 0 spiro atoms. The van der Waals surface area contributed by atoms with Crippen LogP contribution in [-0.4, -0.2) is 36.6 Å². The van der Waals surface area contributed by atoms with Crippen molar-refractivity contribution >= 4 is 33.3 Å². The van der Waals surface area contributed by atoms with Crippen molar-refractivity contribution in [3.63, 3.8) is 0 Å². The molecule has 2 aromatic heterocycles. The van der Waals surface area contributed by atoms with Gasteiger partial charge in [0.05, 0.1) is 17.3 Å². The van der Waals surface area contributed by atoms with Gasteiger partial charge in [-0.15, -0.1) is 11.3 Å². The van der Waals surface area contributed by atoms with Gasteiger partial charge in [-0.25, -0.2) is 9.97 Å². The molecule has 2 aromatic rings. The van der Waals surface area contributed by atoms with Crippen molar-refractivity contribution in [2.24, 2.45) is 0 Å². The minimum atomic E-state index is -0.173. The first-order valence-electron chi connectivity index (χ1n) is 6.10. The van der Waals surface area contributed by atoms with Crippen LogP contribution in [0.4, 0.5) is 5.82 Å². The normalized spacial score (nSPS) is 10.7. The molecule has 0 aliphatic heterocycles. The largest absolute Gasteiger partial charge is 0.469 e. The molecule has 102 valence electrons. The number of thiophene rings is 1. The molecule has 0 amide bonds. The summed E-state index contributed by atoms with van der Waals surface area (Å²) < 4.78 is 5.73. The highest BCUT2D eigenvalue weighted by Gasteiger charge is 2.12. The fraction of sp³-hybridized carbons (Fsp3) is 0.462. The Morgan fingerprint density at radius 2 is 2.26 bits per heavy atom. The van der Waals surface area contributed by atoms with Crippen molar-refractivity contribution < 1.29 is 9.53 Å². The van der Waals surface area contributed by atoms with E-state index in [1.54, 1.807) is 17.7 Å². The first-order valence-corrected chi connectivity index (χ1v) is 6.98. The topological polar surface area (TPSA) is 55.3 Å². The van der Waals surface area contributed by atoms with Crippen LogP contribution in [0.3, 0.4) is 0 Å². The maximum absolute atomic E-state index is 11.1. The Labute approximate surface area is 116 Å². The third kappa shape index (κ3) is 3.01. The number of fused-ring (bicyclic) bond motifs is 1. The molecule has 0 aliphatic carbocycles. The lowest BCUT2D eigenvalue weighted by atomic mass is 10.3.